The normalized spacial score (nSPS) is 17.5. The van der Waals surface area contributed by atoms with E-state index in [1.165, 1.54) is 0 Å². The third-order valence-electron chi connectivity index (χ3n) is 3.81. The van der Waals surface area contributed by atoms with E-state index in [1.54, 1.807) is 0 Å². The van der Waals surface area contributed by atoms with E-state index < -0.39 is 32.2 Å². The monoisotopic (exact) mass is 301 g/mol. The zero-order valence-electron chi connectivity index (χ0n) is 11.0. The number of hydrogen-bond acceptors (Lipinski definition) is 3. The molecule has 7 heteroatoms. The summed E-state index contributed by atoms with van der Waals surface area (Å²) >= 11 is 0. The maximum absolute atomic E-state index is 13.7. The van der Waals surface area contributed by atoms with Crippen LogP contribution in [0.25, 0.3) is 0 Å². The highest BCUT2D eigenvalue weighted by molar-refractivity contribution is 7.89. The van der Waals surface area contributed by atoms with Crippen LogP contribution in [-0.2, 0) is 10.0 Å². The van der Waals surface area contributed by atoms with E-state index in [0.29, 0.717) is 19.3 Å². The third kappa shape index (κ3) is 2.69. The highest BCUT2D eigenvalue weighted by Gasteiger charge is 2.39. The van der Waals surface area contributed by atoms with Gasteiger partial charge >= 0.3 is 5.97 Å². The zero-order chi connectivity index (χ0) is 15.0. The second kappa shape index (κ2) is 5.14. The zero-order valence-corrected chi connectivity index (χ0v) is 11.8. The standard InChI is InChI=1S/C13H16FNO4S/c1-2-13(6-3-7-13)15-20(18,19)11-8-9(12(16)17)4-5-10(11)14/h4-5,8,15H,2-3,6-7H2,1H3,(H,16,17). The van der Waals surface area contributed by atoms with Crippen molar-refractivity contribution < 1.29 is 22.7 Å². The van der Waals surface area contributed by atoms with Gasteiger partial charge in [0.05, 0.1) is 5.56 Å². The van der Waals surface area contributed by atoms with Crippen LogP contribution in [0.15, 0.2) is 23.1 Å². The Morgan fingerprint density at radius 1 is 1.45 bits per heavy atom. The minimum absolute atomic E-state index is 0.258. The van der Waals surface area contributed by atoms with Crippen LogP contribution in [0.5, 0.6) is 0 Å². The average molecular weight is 301 g/mol. The lowest BCUT2D eigenvalue weighted by Crippen LogP contribution is -2.52. The fourth-order valence-electron chi connectivity index (χ4n) is 2.31. The van der Waals surface area contributed by atoms with Crippen LogP contribution in [0.3, 0.4) is 0 Å². The summed E-state index contributed by atoms with van der Waals surface area (Å²) in [6.07, 6.45) is 2.96. The SMILES string of the molecule is CCC1(NS(=O)(=O)c2cc(C(=O)O)ccc2F)CCC1. The quantitative estimate of drug-likeness (QED) is 0.872. The topological polar surface area (TPSA) is 83.5 Å². The molecule has 0 aliphatic heterocycles. The van der Waals surface area contributed by atoms with Gasteiger partial charge in [-0.05, 0) is 43.9 Å². The summed E-state index contributed by atoms with van der Waals surface area (Å²) in [6, 6.07) is 2.75. The van der Waals surface area contributed by atoms with Crippen molar-refractivity contribution in [1.29, 1.82) is 0 Å². The Bertz CT molecular complexity index is 632. The van der Waals surface area contributed by atoms with Crippen molar-refractivity contribution in [2.45, 2.75) is 43.0 Å². The molecule has 1 saturated carbocycles. The van der Waals surface area contributed by atoms with Gasteiger partial charge in [-0.15, -0.1) is 0 Å². The minimum Gasteiger partial charge on any atom is -0.478 e. The number of aromatic carboxylic acids is 1. The molecule has 0 heterocycles. The summed E-state index contributed by atoms with van der Waals surface area (Å²) < 4.78 is 40.7. The number of hydrogen-bond donors (Lipinski definition) is 2. The molecule has 1 aromatic carbocycles. The Kier molecular flexibility index (Phi) is 3.84. The van der Waals surface area contributed by atoms with Crippen molar-refractivity contribution in [3.8, 4) is 0 Å². The van der Waals surface area contributed by atoms with Crippen LogP contribution < -0.4 is 4.72 Å². The number of sulfonamides is 1. The summed E-state index contributed by atoms with van der Waals surface area (Å²) in [7, 11) is -4.07. The van der Waals surface area contributed by atoms with Crippen molar-refractivity contribution >= 4 is 16.0 Å². The van der Waals surface area contributed by atoms with Gasteiger partial charge in [0.15, 0.2) is 0 Å². The Labute approximate surface area is 116 Å². The van der Waals surface area contributed by atoms with Gasteiger partial charge in [0.2, 0.25) is 10.0 Å². The fraction of sp³-hybridized carbons (Fsp3) is 0.462. The van der Waals surface area contributed by atoms with Crippen molar-refractivity contribution in [2.24, 2.45) is 0 Å². The van der Waals surface area contributed by atoms with Crippen LogP contribution >= 0.6 is 0 Å². The maximum Gasteiger partial charge on any atom is 0.335 e. The molecule has 0 unspecified atom stereocenters. The molecule has 1 fully saturated rings. The Hall–Kier alpha value is -1.47. The molecule has 2 N–H and O–H groups in total. The van der Waals surface area contributed by atoms with Gasteiger partial charge < -0.3 is 5.11 Å². The van der Waals surface area contributed by atoms with Crippen LogP contribution in [-0.4, -0.2) is 25.0 Å². The number of nitrogens with one attached hydrogen (secondary N) is 1. The van der Waals surface area contributed by atoms with E-state index in [2.05, 4.69) is 4.72 Å². The summed E-state index contributed by atoms with van der Waals surface area (Å²) in [6.45, 7) is 1.87. The number of halogens is 1. The molecule has 1 aliphatic rings. The van der Waals surface area contributed by atoms with Crippen molar-refractivity contribution in [3.05, 3.63) is 29.6 Å². The first-order valence-electron chi connectivity index (χ1n) is 6.36. The molecule has 0 aromatic heterocycles. The van der Waals surface area contributed by atoms with Crippen LogP contribution in [0, 0.1) is 5.82 Å². The van der Waals surface area contributed by atoms with Crippen molar-refractivity contribution in [2.75, 3.05) is 0 Å². The lowest BCUT2D eigenvalue weighted by atomic mass is 9.76. The first-order valence-corrected chi connectivity index (χ1v) is 7.85. The van der Waals surface area contributed by atoms with Gasteiger partial charge in [0.1, 0.15) is 10.7 Å². The van der Waals surface area contributed by atoms with Crippen molar-refractivity contribution in [3.63, 3.8) is 0 Å². The minimum atomic E-state index is -4.07. The van der Waals surface area contributed by atoms with Crippen LogP contribution in [0.2, 0.25) is 0 Å². The van der Waals surface area contributed by atoms with E-state index in [1.807, 2.05) is 6.92 Å². The molecule has 0 atom stereocenters. The Morgan fingerprint density at radius 2 is 2.10 bits per heavy atom. The molecular weight excluding hydrogens is 285 g/mol. The molecule has 1 aromatic rings. The molecule has 0 amide bonds. The molecular formula is C13H16FNO4S. The molecule has 1 aliphatic carbocycles. The molecule has 0 radical (unpaired) electrons. The summed E-state index contributed by atoms with van der Waals surface area (Å²) in [4.78, 5) is 10.2. The van der Waals surface area contributed by atoms with Gasteiger partial charge in [-0.3, -0.25) is 0 Å². The molecule has 0 spiro atoms. The Balaban J connectivity index is 2.38. The van der Waals surface area contributed by atoms with E-state index in [4.69, 9.17) is 5.11 Å². The molecule has 110 valence electrons. The number of rotatable bonds is 5. The Morgan fingerprint density at radius 3 is 2.55 bits per heavy atom. The number of benzene rings is 1. The van der Waals surface area contributed by atoms with Gasteiger partial charge in [-0.1, -0.05) is 6.92 Å². The smallest absolute Gasteiger partial charge is 0.335 e. The maximum atomic E-state index is 13.7. The second-order valence-corrected chi connectivity index (χ2v) is 6.69. The van der Waals surface area contributed by atoms with Crippen LogP contribution in [0.1, 0.15) is 43.0 Å². The second-order valence-electron chi connectivity index (χ2n) is 5.04. The third-order valence-corrected chi connectivity index (χ3v) is 5.40. The summed E-state index contributed by atoms with van der Waals surface area (Å²) in [5.74, 6) is -2.25. The molecule has 0 bridgehead atoms. The highest BCUT2D eigenvalue weighted by Crippen LogP contribution is 2.36. The first-order chi connectivity index (χ1) is 9.30. The van der Waals surface area contributed by atoms with E-state index in [0.717, 1.165) is 24.6 Å². The molecule has 0 saturated heterocycles. The summed E-state index contributed by atoms with van der Waals surface area (Å²) in [5, 5.41) is 8.86. The molecule has 5 nitrogen and oxygen atoms in total. The highest BCUT2D eigenvalue weighted by atomic mass is 32.2. The van der Waals surface area contributed by atoms with E-state index in [-0.39, 0.29) is 5.56 Å². The van der Waals surface area contributed by atoms with E-state index in [9.17, 15) is 17.6 Å². The lowest BCUT2D eigenvalue weighted by Gasteiger charge is -2.41. The largest absolute Gasteiger partial charge is 0.478 e. The number of carboxylic acid groups (broad SMARTS) is 1. The van der Waals surface area contributed by atoms with E-state index >= 15 is 0 Å². The molecule has 2 rings (SSSR count). The van der Waals surface area contributed by atoms with Crippen molar-refractivity contribution in [1.82, 2.24) is 4.72 Å². The summed E-state index contributed by atoms with van der Waals surface area (Å²) in [5.41, 5.74) is -0.782. The lowest BCUT2D eigenvalue weighted by molar-refractivity contribution is 0.0696. The van der Waals surface area contributed by atoms with Gasteiger partial charge in [0, 0.05) is 5.54 Å². The molecule has 20 heavy (non-hydrogen) atoms. The van der Waals surface area contributed by atoms with Gasteiger partial charge in [0.25, 0.3) is 0 Å². The fourth-order valence-corrected chi connectivity index (χ4v) is 3.95. The van der Waals surface area contributed by atoms with Gasteiger partial charge in [-0.25, -0.2) is 22.3 Å². The number of carboxylic acids is 1. The van der Waals surface area contributed by atoms with Crippen LogP contribution in [0.4, 0.5) is 4.39 Å². The average Bonchev–Trinajstić information content (AvgIpc) is 2.34. The number of carbonyl (C=O) groups is 1. The van der Waals surface area contributed by atoms with Gasteiger partial charge in [-0.2, -0.15) is 0 Å². The first kappa shape index (κ1) is 14.9. The predicted molar refractivity (Wildman–Crippen MR) is 70.6 cm³/mol. The predicted octanol–water partition coefficient (Wildman–Crippen LogP) is 2.13.